The predicted octanol–water partition coefficient (Wildman–Crippen LogP) is 4.96. The van der Waals surface area contributed by atoms with Gasteiger partial charge in [0.05, 0.1) is 4.34 Å². The zero-order valence-electron chi connectivity index (χ0n) is 11.1. The highest BCUT2D eigenvalue weighted by atomic mass is 35.5. The van der Waals surface area contributed by atoms with E-state index in [-0.39, 0.29) is 23.2 Å². The van der Waals surface area contributed by atoms with E-state index in [9.17, 15) is 9.18 Å². The molecule has 0 aliphatic heterocycles. The molecule has 0 unspecified atom stereocenters. The predicted molar refractivity (Wildman–Crippen MR) is 83.5 cm³/mol. The lowest BCUT2D eigenvalue weighted by Gasteiger charge is -2.05. The minimum Gasteiger partial charge on any atom is -0.439 e. The number of hydrogen-bond donors (Lipinski definition) is 0. The van der Waals surface area contributed by atoms with Crippen molar-refractivity contribution in [3.63, 3.8) is 0 Å². The molecule has 2 aromatic heterocycles. The first-order chi connectivity index (χ1) is 10.6. The first-order valence-electron chi connectivity index (χ1n) is 6.31. The highest BCUT2D eigenvalue weighted by molar-refractivity contribution is 7.14. The molecule has 0 bridgehead atoms. The van der Waals surface area contributed by atoms with Crippen LogP contribution in [0.5, 0.6) is 11.6 Å². The molecule has 1 aromatic carbocycles. The molecule has 2 heterocycles. The van der Waals surface area contributed by atoms with Gasteiger partial charge in [-0.3, -0.25) is 4.79 Å². The molecule has 6 heteroatoms. The van der Waals surface area contributed by atoms with E-state index in [0.717, 1.165) is 0 Å². The fourth-order valence-electron chi connectivity index (χ4n) is 1.80. The van der Waals surface area contributed by atoms with Gasteiger partial charge >= 0.3 is 0 Å². The second-order valence-electron chi connectivity index (χ2n) is 4.39. The standard InChI is InChI=1S/C16H9ClFNO2S/c17-14-8-10(9-22-14)16(20)13-2-1-3-15(19-13)21-12-6-4-11(18)5-7-12/h1-9H. The van der Waals surface area contributed by atoms with Crippen molar-refractivity contribution in [2.45, 2.75) is 0 Å². The van der Waals surface area contributed by atoms with E-state index < -0.39 is 0 Å². The van der Waals surface area contributed by atoms with Crippen molar-refractivity contribution < 1.29 is 13.9 Å². The third-order valence-corrected chi connectivity index (χ3v) is 3.91. The van der Waals surface area contributed by atoms with Crippen LogP contribution in [0.4, 0.5) is 4.39 Å². The van der Waals surface area contributed by atoms with Gasteiger partial charge in [-0.15, -0.1) is 11.3 Å². The lowest BCUT2D eigenvalue weighted by atomic mass is 10.1. The van der Waals surface area contributed by atoms with Gasteiger partial charge in [-0.25, -0.2) is 9.37 Å². The van der Waals surface area contributed by atoms with E-state index in [1.807, 2.05) is 0 Å². The van der Waals surface area contributed by atoms with E-state index in [0.29, 0.717) is 15.6 Å². The fourth-order valence-corrected chi connectivity index (χ4v) is 2.66. The van der Waals surface area contributed by atoms with Crippen LogP contribution >= 0.6 is 22.9 Å². The molecular weight excluding hydrogens is 325 g/mol. The Labute approximate surface area is 135 Å². The van der Waals surface area contributed by atoms with Crippen LogP contribution < -0.4 is 4.74 Å². The summed E-state index contributed by atoms with van der Waals surface area (Å²) in [6.45, 7) is 0. The van der Waals surface area contributed by atoms with Crippen LogP contribution in [0.25, 0.3) is 0 Å². The number of ketones is 1. The van der Waals surface area contributed by atoms with E-state index in [1.165, 1.54) is 35.6 Å². The number of aromatic nitrogens is 1. The van der Waals surface area contributed by atoms with Crippen LogP contribution in [-0.4, -0.2) is 10.8 Å². The highest BCUT2D eigenvalue weighted by Crippen LogP contribution is 2.24. The average molecular weight is 334 g/mol. The minimum atomic E-state index is -0.349. The summed E-state index contributed by atoms with van der Waals surface area (Å²) in [6.07, 6.45) is 0. The van der Waals surface area contributed by atoms with Crippen molar-refractivity contribution in [2.75, 3.05) is 0 Å². The maximum absolute atomic E-state index is 12.9. The van der Waals surface area contributed by atoms with Gasteiger partial charge in [-0.2, -0.15) is 0 Å². The first kappa shape index (κ1) is 14.7. The summed E-state index contributed by atoms with van der Waals surface area (Å²) in [6, 6.07) is 12.1. The summed E-state index contributed by atoms with van der Waals surface area (Å²) in [5, 5.41) is 1.68. The maximum atomic E-state index is 12.9. The molecule has 22 heavy (non-hydrogen) atoms. The third-order valence-electron chi connectivity index (χ3n) is 2.82. The van der Waals surface area contributed by atoms with Crippen molar-refractivity contribution in [1.29, 1.82) is 0 Å². The van der Waals surface area contributed by atoms with E-state index >= 15 is 0 Å². The average Bonchev–Trinajstić information content (AvgIpc) is 2.96. The Balaban J connectivity index is 1.83. The zero-order valence-corrected chi connectivity index (χ0v) is 12.7. The number of rotatable bonds is 4. The molecule has 0 amide bonds. The Morgan fingerprint density at radius 1 is 1.18 bits per heavy atom. The summed E-state index contributed by atoms with van der Waals surface area (Å²) in [4.78, 5) is 16.5. The molecule has 110 valence electrons. The van der Waals surface area contributed by atoms with Gasteiger partial charge in [0.15, 0.2) is 0 Å². The Bertz CT molecular complexity index is 817. The van der Waals surface area contributed by atoms with Gasteiger partial charge < -0.3 is 4.74 Å². The van der Waals surface area contributed by atoms with Gasteiger partial charge in [0.2, 0.25) is 11.7 Å². The molecule has 0 saturated carbocycles. The van der Waals surface area contributed by atoms with Crippen molar-refractivity contribution in [3.05, 3.63) is 75.3 Å². The molecule has 0 aliphatic rings. The summed E-state index contributed by atoms with van der Waals surface area (Å²) >= 11 is 7.12. The van der Waals surface area contributed by atoms with Crippen LogP contribution in [0.1, 0.15) is 16.1 Å². The van der Waals surface area contributed by atoms with Crippen LogP contribution in [0.3, 0.4) is 0 Å². The largest absolute Gasteiger partial charge is 0.439 e. The van der Waals surface area contributed by atoms with Crippen LogP contribution in [0.2, 0.25) is 4.34 Å². The molecule has 0 fully saturated rings. The second-order valence-corrected chi connectivity index (χ2v) is 5.93. The topological polar surface area (TPSA) is 39.2 Å². The molecule has 0 saturated heterocycles. The van der Waals surface area contributed by atoms with Crippen molar-refractivity contribution >= 4 is 28.7 Å². The maximum Gasteiger partial charge on any atom is 0.219 e. The number of hydrogen-bond acceptors (Lipinski definition) is 4. The van der Waals surface area contributed by atoms with Gasteiger partial charge in [0, 0.05) is 17.0 Å². The van der Waals surface area contributed by atoms with Gasteiger partial charge in [0.25, 0.3) is 0 Å². The van der Waals surface area contributed by atoms with Crippen LogP contribution in [0, 0.1) is 5.82 Å². The number of ether oxygens (including phenoxy) is 1. The van der Waals surface area contributed by atoms with Crippen molar-refractivity contribution in [3.8, 4) is 11.6 Å². The molecule has 3 rings (SSSR count). The number of pyridine rings is 1. The van der Waals surface area contributed by atoms with E-state index in [1.54, 1.807) is 29.6 Å². The summed E-state index contributed by atoms with van der Waals surface area (Å²) < 4.78 is 18.9. The second kappa shape index (κ2) is 6.25. The van der Waals surface area contributed by atoms with E-state index in [4.69, 9.17) is 16.3 Å². The molecule has 0 aliphatic carbocycles. The van der Waals surface area contributed by atoms with Crippen LogP contribution in [-0.2, 0) is 0 Å². The molecule has 0 atom stereocenters. The summed E-state index contributed by atoms with van der Waals surface area (Å²) in [5.74, 6) is 0.127. The third kappa shape index (κ3) is 3.32. The Hall–Kier alpha value is -2.24. The Morgan fingerprint density at radius 3 is 2.64 bits per heavy atom. The lowest BCUT2D eigenvalue weighted by molar-refractivity contribution is 0.103. The monoisotopic (exact) mass is 333 g/mol. The number of carbonyl (C=O) groups is 1. The summed E-state index contributed by atoms with van der Waals surface area (Å²) in [7, 11) is 0. The first-order valence-corrected chi connectivity index (χ1v) is 7.57. The van der Waals surface area contributed by atoms with Crippen molar-refractivity contribution in [1.82, 2.24) is 4.98 Å². The lowest BCUT2D eigenvalue weighted by Crippen LogP contribution is -2.03. The molecule has 0 spiro atoms. The summed E-state index contributed by atoms with van der Waals surface area (Å²) in [5.41, 5.74) is 0.746. The van der Waals surface area contributed by atoms with Crippen molar-refractivity contribution in [2.24, 2.45) is 0 Å². The number of nitrogens with zero attached hydrogens (tertiary/aromatic N) is 1. The highest BCUT2D eigenvalue weighted by Gasteiger charge is 2.13. The van der Waals surface area contributed by atoms with Crippen LogP contribution in [0.15, 0.2) is 53.9 Å². The van der Waals surface area contributed by atoms with Gasteiger partial charge in [0.1, 0.15) is 17.3 Å². The fraction of sp³-hybridized carbons (Fsp3) is 0. The number of benzene rings is 1. The molecule has 3 nitrogen and oxygen atoms in total. The Morgan fingerprint density at radius 2 is 1.95 bits per heavy atom. The van der Waals surface area contributed by atoms with Gasteiger partial charge in [-0.05, 0) is 36.4 Å². The molecular formula is C16H9ClFNO2S. The molecule has 3 aromatic rings. The molecule has 0 N–H and O–H groups in total. The number of carbonyl (C=O) groups excluding carboxylic acids is 1. The smallest absolute Gasteiger partial charge is 0.219 e. The number of thiophene rings is 1. The SMILES string of the molecule is O=C(c1csc(Cl)c1)c1cccc(Oc2ccc(F)cc2)n1. The number of halogens is 2. The molecule has 0 radical (unpaired) electrons. The Kier molecular flexibility index (Phi) is 4.18. The van der Waals surface area contributed by atoms with Gasteiger partial charge in [-0.1, -0.05) is 17.7 Å². The van der Waals surface area contributed by atoms with E-state index in [2.05, 4.69) is 4.98 Å². The normalized spacial score (nSPS) is 10.5. The quantitative estimate of drug-likeness (QED) is 0.633. The zero-order chi connectivity index (χ0) is 15.5. The minimum absolute atomic E-state index is 0.229.